The molecule has 0 rings (SSSR count). The van der Waals surface area contributed by atoms with Gasteiger partial charge in [0.25, 0.3) is 0 Å². The fraction of sp³-hybridized carbons (Fsp3) is 1.00. The van der Waals surface area contributed by atoms with E-state index in [1.807, 2.05) is 20.8 Å². The van der Waals surface area contributed by atoms with Gasteiger partial charge in [-0.15, -0.1) is 11.6 Å². The van der Waals surface area contributed by atoms with E-state index in [0.717, 1.165) is 6.42 Å². The summed E-state index contributed by atoms with van der Waals surface area (Å²) < 4.78 is 0. The Hall–Kier alpha value is 0.250. The van der Waals surface area contributed by atoms with E-state index in [9.17, 15) is 5.11 Å². The summed E-state index contributed by atoms with van der Waals surface area (Å²) in [6.07, 6.45) is 0.812. The number of rotatable bonds is 3. The lowest BCUT2D eigenvalue weighted by molar-refractivity contribution is 0.00866. The summed E-state index contributed by atoms with van der Waals surface area (Å²) >= 11 is 5.90. The Morgan fingerprint density at radius 2 is 1.90 bits per heavy atom. The van der Waals surface area contributed by atoms with Crippen LogP contribution in [0.2, 0.25) is 0 Å². The van der Waals surface area contributed by atoms with Crippen LogP contribution in [0, 0.1) is 5.92 Å². The van der Waals surface area contributed by atoms with E-state index in [0.29, 0.717) is 0 Å². The standard InChI is InChI=1S/C8H17ClO/c1-5-7(9)8(4,10)6(2)3/h6-7,10H,5H2,1-4H3. The summed E-state index contributed by atoms with van der Waals surface area (Å²) in [6, 6.07) is 0. The van der Waals surface area contributed by atoms with Gasteiger partial charge in [0.05, 0.1) is 11.0 Å². The third kappa shape index (κ3) is 2.14. The van der Waals surface area contributed by atoms with Crippen molar-refractivity contribution in [3.63, 3.8) is 0 Å². The maximum absolute atomic E-state index is 9.73. The van der Waals surface area contributed by atoms with E-state index in [1.165, 1.54) is 0 Å². The van der Waals surface area contributed by atoms with Gasteiger partial charge >= 0.3 is 0 Å². The Morgan fingerprint density at radius 3 is 2.00 bits per heavy atom. The molecule has 10 heavy (non-hydrogen) atoms. The predicted octanol–water partition coefficient (Wildman–Crippen LogP) is 2.41. The molecule has 0 saturated carbocycles. The van der Waals surface area contributed by atoms with Crippen LogP contribution >= 0.6 is 11.6 Å². The number of hydrogen-bond donors (Lipinski definition) is 1. The molecule has 0 aromatic rings. The van der Waals surface area contributed by atoms with Gasteiger partial charge in [0, 0.05) is 0 Å². The van der Waals surface area contributed by atoms with E-state index < -0.39 is 5.60 Å². The summed E-state index contributed by atoms with van der Waals surface area (Å²) in [4.78, 5) is 0. The van der Waals surface area contributed by atoms with Crippen molar-refractivity contribution in [3.8, 4) is 0 Å². The monoisotopic (exact) mass is 164 g/mol. The molecular formula is C8H17ClO. The second kappa shape index (κ2) is 3.59. The normalized spacial score (nSPS) is 20.7. The predicted molar refractivity (Wildman–Crippen MR) is 45.4 cm³/mol. The van der Waals surface area contributed by atoms with Gasteiger partial charge in [0.2, 0.25) is 0 Å². The molecule has 0 aromatic carbocycles. The molecular weight excluding hydrogens is 148 g/mol. The van der Waals surface area contributed by atoms with Crippen LogP contribution in [-0.2, 0) is 0 Å². The van der Waals surface area contributed by atoms with Gasteiger partial charge in [-0.25, -0.2) is 0 Å². The van der Waals surface area contributed by atoms with Crippen molar-refractivity contribution >= 4 is 11.6 Å². The van der Waals surface area contributed by atoms with Crippen LogP contribution in [0.3, 0.4) is 0 Å². The third-order valence-corrected chi connectivity index (χ3v) is 2.91. The first kappa shape index (κ1) is 10.2. The van der Waals surface area contributed by atoms with Crippen LogP contribution in [0.15, 0.2) is 0 Å². The first-order chi connectivity index (χ1) is 4.42. The Morgan fingerprint density at radius 1 is 1.50 bits per heavy atom. The molecule has 0 aliphatic heterocycles. The molecule has 0 aliphatic rings. The van der Waals surface area contributed by atoms with E-state index in [-0.39, 0.29) is 11.3 Å². The van der Waals surface area contributed by atoms with E-state index in [1.54, 1.807) is 6.92 Å². The van der Waals surface area contributed by atoms with Gasteiger partial charge in [0.15, 0.2) is 0 Å². The minimum atomic E-state index is -0.726. The van der Waals surface area contributed by atoms with Gasteiger partial charge in [-0.1, -0.05) is 20.8 Å². The number of hydrogen-bond acceptors (Lipinski definition) is 1. The van der Waals surface area contributed by atoms with E-state index in [2.05, 4.69) is 0 Å². The Balaban J connectivity index is 4.09. The maximum atomic E-state index is 9.73. The zero-order chi connectivity index (χ0) is 8.36. The molecule has 1 N–H and O–H groups in total. The summed E-state index contributed by atoms with van der Waals surface area (Å²) in [5.74, 6) is 0.218. The number of halogens is 1. The van der Waals surface area contributed by atoms with Crippen LogP contribution in [0.1, 0.15) is 34.1 Å². The maximum Gasteiger partial charge on any atom is 0.0805 e. The topological polar surface area (TPSA) is 20.2 Å². The first-order valence-electron chi connectivity index (χ1n) is 3.79. The molecule has 62 valence electrons. The Bertz CT molecular complexity index is 99.4. The molecule has 2 heteroatoms. The zero-order valence-corrected chi connectivity index (χ0v) is 7.94. The van der Waals surface area contributed by atoms with Crippen LogP contribution in [-0.4, -0.2) is 16.1 Å². The van der Waals surface area contributed by atoms with E-state index >= 15 is 0 Å². The first-order valence-corrected chi connectivity index (χ1v) is 4.23. The second-order valence-electron chi connectivity index (χ2n) is 3.26. The highest BCUT2D eigenvalue weighted by Gasteiger charge is 2.31. The lowest BCUT2D eigenvalue weighted by atomic mass is 9.88. The van der Waals surface area contributed by atoms with Crippen LogP contribution < -0.4 is 0 Å². The molecule has 0 spiro atoms. The van der Waals surface area contributed by atoms with Crippen molar-refractivity contribution in [1.82, 2.24) is 0 Å². The van der Waals surface area contributed by atoms with Crippen LogP contribution in [0.25, 0.3) is 0 Å². The number of aliphatic hydroxyl groups is 1. The summed E-state index contributed by atoms with van der Waals surface area (Å²) in [7, 11) is 0. The van der Waals surface area contributed by atoms with Gasteiger partial charge in [-0.2, -0.15) is 0 Å². The largest absolute Gasteiger partial charge is 0.388 e. The summed E-state index contributed by atoms with van der Waals surface area (Å²) in [5.41, 5.74) is -0.726. The fourth-order valence-electron chi connectivity index (χ4n) is 0.775. The third-order valence-electron chi connectivity index (χ3n) is 2.16. The average molecular weight is 165 g/mol. The minimum absolute atomic E-state index is 0.132. The second-order valence-corrected chi connectivity index (χ2v) is 3.78. The Kier molecular flexibility index (Phi) is 3.68. The SMILES string of the molecule is CCC(Cl)C(C)(O)C(C)C. The van der Waals surface area contributed by atoms with Crippen molar-refractivity contribution in [1.29, 1.82) is 0 Å². The Labute approximate surface area is 68.4 Å². The number of alkyl halides is 1. The highest BCUT2D eigenvalue weighted by molar-refractivity contribution is 6.21. The van der Waals surface area contributed by atoms with Crippen molar-refractivity contribution in [2.75, 3.05) is 0 Å². The molecule has 0 bridgehead atoms. The zero-order valence-electron chi connectivity index (χ0n) is 7.19. The minimum Gasteiger partial charge on any atom is -0.388 e. The average Bonchev–Trinajstić information content (AvgIpc) is 1.86. The van der Waals surface area contributed by atoms with Gasteiger partial charge in [-0.05, 0) is 19.3 Å². The van der Waals surface area contributed by atoms with Crippen LogP contribution in [0.4, 0.5) is 0 Å². The van der Waals surface area contributed by atoms with Gasteiger partial charge in [-0.3, -0.25) is 0 Å². The molecule has 0 aliphatic carbocycles. The lowest BCUT2D eigenvalue weighted by Gasteiger charge is -2.31. The lowest BCUT2D eigenvalue weighted by Crippen LogP contribution is -2.40. The van der Waals surface area contributed by atoms with Crippen molar-refractivity contribution < 1.29 is 5.11 Å². The molecule has 0 heterocycles. The molecule has 0 aromatic heterocycles. The molecule has 0 saturated heterocycles. The van der Waals surface area contributed by atoms with Crippen molar-refractivity contribution in [2.45, 2.75) is 45.1 Å². The highest BCUT2D eigenvalue weighted by Crippen LogP contribution is 2.26. The van der Waals surface area contributed by atoms with Crippen molar-refractivity contribution in [2.24, 2.45) is 5.92 Å². The smallest absolute Gasteiger partial charge is 0.0805 e. The summed E-state index contributed by atoms with van der Waals surface area (Å²) in [5, 5.41) is 9.60. The molecule has 0 radical (unpaired) electrons. The van der Waals surface area contributed by atoms with Crippen LogP contribution in [0.5, 0.6) is 0 Å². The highest BCUT2D eigenvalue weighted by atomic mass is 35.5. The quantitative estimate of drug-likeness (QED) is 0.636. The molecule has 1 nitrogen and oxygen atoms in total. The molecule has 0 fully saturated rings. The molecule has 0 amide bonds. The van der Waals surface area contributed by atoms with Gasteiger partial charge in [0.1, 0.15) is 0 Å². The summed E-state index contributed by atoms with van der Waals surface area (Å²) in [6.45, 7) is 7.73. The molecule has 2 unspecified atom stereocenters. The van der Waals surface area contributed by atoms with Crippen molar-refractivity contribution in [3.05, 3.63) is 0 Å². The fourth-order valence-corrected chi connectivity index (χ4v) is 1.03. The van der Waals surface area contributed by atoms with Gasteiger partial charge < -0.3 is 5.11 Å². The molecule has 2 atom stereocenters. The van der Waals surface area contributed by atoms with E-state index in [4.69, 9.17) is 11.6 Å².